The van der Waals surface area contributed by atoms with Gasteiger partial charge in [0.2, 0.25) is 0 Å². The minimum atomic E-state index is -0.224. The molecule has 5 aliphatic rings. The molecule has 0 heterocycles. The SMILES string of the molecule is CCCCCCCCCCCCCCCC(=O)O[C@H]1CC[C@]2(C)[C@H]3CC=C4[C@@H]5CC(C)(C)CC[C@]5(C)[C@@H](O)C[C@@]4(C)[C@]3(C)CC[C@H]2C1(C)C. The monoisotopic (exact) mass is 681 g/mol. The second-order valence-corrected chi connectivity index (χ2v) is 20.8. The summed E-state index contributed by atoms with van der Waals surface area (Å²) in [4.78, 5) is 13.2. The van der Waals surface area contributed by atoms with Crippen molar-refractivity contribution in [1.29, 1.82) is 0 Å². The van der Waals surface area contributed by atoms with Gasteiger partial charge in [0.15, 0.2) is 0 Å². The molecule has 0 saturated heterocycles. The predicted octanol–water partition coefficient (Wildman–Crippen LogP) is 13.2. The van der Waals surface area contributed by atoms with Crippen LogP contribution >= 0.6 is 0 Å². The van der Waals surface area contributed by atoms with Crippen LogP contribution < -0.4 is 0 Å². The van der Waals surface area contributed by atoms with E-state index in [4.69, 9.17) is 4.74 Å². The predicted molar refractivity (Wildman–Crippen MR) is 206 cm³/mol. The van der Waals surface area contributed by atoms with Crippen LogP contribution in [0.1, 0.15) is 210 Å². The van der Waals surface area contributed by atoms with E-state index < -0.39 is 0 Å². The summed E-state index contributed by atoms with van der Waals surface area (Å²) in [6.45, 7) is 22.3. The van der Waals surface area contributed by atoms with Gasteiger partial charge in [-0.25, -0.2) is 0 Å². The first-order chi connectivity index (χ1) is 23.1. The van der Waals surface area contributed by atoms with E-state index in [0.717, 1.165) is 38.5 Å². The molecular formula is C46H80O3. The summed E-state index contributed by atoms with van der Waals surface area (Å²) < 4.78 is 6.39. The molecule has 3 nitrogen and oxygen atoms in total. The molecule has 0 aromatic heterocycles. The van der Waals surface area contributed by atoms with E-state index in [0.29, 0.717) is 29.6 Å². The Kier molecular flexibility index (Phi) is 12.3. The molecule has 282 valence electrons. The average Bonchev–Trinajstić information content (AvgIpc) is 3.02. The topological polar surface area (TPSA) is 46.5 Å². The third-order valence-electron chi connectivity index (χ3n) is 16.8. The number of aliphatic hydroxyl groups excluding tert-OH is 1. The normalized spacial score (nSPS) is 40.7. The Labute approximate surface area is 304 Å². The van der Waals surface area contributed by atoms with E-state index in [1.54, 1.807) is 5.57 Å². The fourth-order valence-corrected chi connectivity index (χ4v) is 13.3. The smallest absolute Gasteiger partial charge is 0.306 e. The highest BCUT2D eigenvalue weighted by molar-refractivity contribution is 5.69. The zero-order valence-electron chi connectivity index (χ0n) is 34.0. The number of carbonyl (C=O) groups excluding carboxylic acids is 1. The molecule has 0 amide bonds. The second kappa shape index (κ2) is 15.3. The Morgan fingerprint density at radius 3 is 1.92 bits per heavy atom. The molecule has 1 N–H and O–H groups in total. The fraction of sp³-hybridized carbons (Fsp3) is 0.935. The number of fused-ring (bicyclic) bond motifs is 7. The maximum absolute atomic E-state index is 13.2. The molecular weight excluding hydrogens is 601 g/mol. The zero-order chi connectivity index (χ0) is 35.7. The lowest BCUT2D eigenvalue weighted by Gasteiger charge is -2.72. The van der Waals surface area contributed by atoms with Crippen molar-refractivity contribution in [1.82, 2.24) is 0 Å². The van der Waals surface area contributed by atoms with Crippen molar-refractivity contribution in [2.45, 2.75) is 222 Å². The molecule has 49 heavy (non-hydrogen) atoms. The first-order valence-electron chi connectivity index (χ1n) is 21.6. The zero-order valence-corrected chi connectivity index (χ0v) is 34.0. The largest absolute Gasteiger partial charge is 0.462 e. The third kappa shape index (κ3) is 7.51. The van der Waals surface area contributed by atoms with Crippen molar-refractivity contribution < 1.29 is 14.6 Å². The van der Waals surface area contributed by atoms with Crippen LogP contribution in [0.4, 0.5) is 0 Å². The highest BCUT2D eigenvalue weighted by Gasteiger charge is 2.69. The van der Waals surface area contributed by atoms with E-state index in [9.17, 15) is 9.90 Å². The van der Waals surface area contributed by atoms with E-state index in [1.807, 2.05) is 0 Å². The van der Waals surface area contributed by atoms with Crippen LogP contribution in [-0.2, 0) is 9.53 Å². The third-order valence-corrected chi connectivity index (χ3v) is 16.8. The number of ether oxygens (including phenoxy) is 1. The van der Waals surface area contributed by atoms with Crippen LogP contribution in [0.15, 0.2) is 11.6 Å². The van der Waals surface area contributed by atoms with Crippen LogP contribution in [0.2, 0.25) is 0 Å². The van der Waals surface area contributed by atoms with Gasteiger partial charge in [-0.1, -0.05) is 151 Å². The van der Waals surface area contributed by atoms with Gasteiger partial charge in [-0.3, -0.25) is 4.79 Å². The Morgan fingerprint density at radius 1 is 0.714 bits per heavy atom. The molecule has 0 unspecified atom stereocenters. The average molecular weight is 681 g/mol. The van der Waals surface area contributed by atoms with E-state index in [-0.39, 0.29) is 45.3 Å². The lowest BCUT2D eigenvalue weighted by molar-refractivity contribution is -0.220. The van der Waals surface area contributed by atoms with Crippen LogP contribution in [-0.4, -0.2) is 23.3 Å². The second-order valence-electron chi connectivity index (χ2n) is 20.8. The van der Waals surface area contributed by atoms with Crippen LogP contribution in [0.3, 0.4) is 0 Å². The first kappa shape index (κ1) is 39.4. The Morgan fingerprint density at radius 2 is 1.31 bits per heavy atom. The van der Waals surface area contributed by atoms with E-state index >= 15 is 0 Å². The highest BCUT2D eigenvalue weighted by atomic mass is 16.5. The first-order valence-corrected chi connectivity index (χ1v) is 21.6. The van der Waals surface area contributed by atoms with Crippen LogP contribution in [0.25, 0.3) is 0 Å². The maximum atomic E-state index is 13.2. The molecule has 5 rings (SSSR count). The van der Waals surface area contributed by atoms with Gasteiger partial charge in [-0.2, -0.15) is 0 Å². The van der Waals surface area contributed by atoms with Crippen molar-refractivity contribution in [3.63, 3.8) is 0 Å². The number of hydrogen-bond acceptors (Lipinski definition) is 3. The summed E-state index contributed by atoms with van der Waals surface area (Å²) in [5.74, 6) is 1.68. The summed E-state index contributed by atoms with van der Waals surface area (Å²) >= 11 is 0. The molecule has 4 fully saturated rings. The minimum absolute atomic E-state index is 0.0159. The molecule has 0 aromatic carbocycles. The standard InChI is InChI=1S/C46H80O3/c1-10-11-12-13-14-15-16-17-18-19-20-21-22-23-40(48)49-39-27-28-44(7)36(42(39,4)5)26-29-45(8)37(44)25-24-34-35-32-41(2,3)30-31-43(35,6)38(47)33-46(34,45)9/h24,35-39,47H,10-23,25-33H2,1-9H3/t35-,36-,37+,38-,39-,43-,44-,45+,46+/m0/s1. The van der Waals surface area contributed by atoms with Crippen molar-refractivity contribution in [2.24, 2.45) is 50.2 Å². The highest BCUT2D eigenvalue weighted by Crippen LogP contribution is 2.75. The molecule has 5 aliphatic carbocycles. The molecule has 3 heteroatoms. The van der Waals surface area contributed by atoms with Crippen molar-refractivity contribution in [3.8, 4) is 0 Å². The van der Waals surface area contributed by atoms with Crippen LogP contribution in [0, 0.1) is 50.2 Å². The van der Waals surface area contributed by atoms with Gasteiger partial charge in [0.1, 0.15) is 6.10 Å². The molecule has 0 radical (unpaired) electrons. The number of esters is 1. The lowest BCUT2D eigenvalue weighted by Crippen LogP contribution is -2.66. The van der Waals surface area contributed by atoms with Gasteiger partial charge in [-0.15, -0.1) is 0 Å². The van der Waals surface area contributed by atoms with Gasteiger partial charge in [-0.05, 0) is 104 Å². The summed E-state index contributed by atoms with van der Waals surface area (Å²) in [6, 6.07) is 0. The number of carbonyl (C=O) groups is 1. The van der Waals surface area contributed by atoms with Crippen molar-refractivity contribution >= 4 is 5.97 Å². The lowest BCUT2D eigenvalue weighted by atomic mass is 9.33. The molecule has 4 saturated carbocycles. The number of unbranched alkanes of at least 4 members (excludes halogenated alkanes) is 12. The minimum Gasteiger partial charge on any atom is -0.462 e. The number of aliphatic hydroxyl groups is 1. The van der Waals surface area contributed by atoms with Gasteiger partial charge in [0.05, 0.1) is 6.10 Å². The van der Waals surface area contributed by atoms with E-state index in [2.05, 4.69) is 68.4 Å². The van der Waals surface area contributed by atoms with Crippen LogP contribution in [0.5, 0.6) is 0 Å². The van der Waals surface area contributed by atoms with Crippen molar-refractivity contribution in [2.75, 3.05) is 0 Å². The molecule has 0 aromatic rings. The Balaban J connectivity index is 1.14. The maximum Gasteiger partial charge on any atom is 0.306 e. The summed E-state index contributed by atoms with van der Waals surface area (Å²) in [6.07, 6.45) is 30.5. The molecule has 0 bridgehead atoms. The van der Waals surface area contributed by atoms with Crippen molar-refractivity contribution in [3.05, 3.63) is 11.6 Å². The molecule has 0 aliphatic heterocycles. The fourth-order valence-electron chi connectivity index (χ4n) is 13.3. The summed E-state index contributed by atoms with van der Waals surface area (Å²) in [5.41, 5.74) is 2.49. The summed E-state index contributed by atoms with van der Waals surface area (Å²) in [5, 5.41) is 11.9. The summed E-state index contributed by atoms with van der Waals surface area (Å²) in [7, 11) is 0. The number of allylic oxidation sites excluding steroid dienone is 2. The van der Waals surface area contributed by atoms with Gasteiger partial charge in [0, 0.05) is 17.3 Å². The molecule has 9 atom stereocenters. The van der Waals surface area contributed by atoms with E-state index in [1.165, 1.54) is 103 Å². The Hall–Kier alpha value is -0.830. The van der Waals surface area contributed by atoms with Gasteiger partial charge in [0.25, 0.3) is 0 Å². The quantitative estimate of drug-likeness (QED) is 0.106. The number of rotatable bonds is 15. The van der Waals surface area contributed by atoms with Gasteiger partial charge < -0.3 is 9.84 Å². The number of hydrogen-bond donors (Lipinski definition) is 1. The molecule has 0 spiro atoms. The van der Waals surface area contributed by atoms with Gasteiger partial charge >= 0.3 is 5.97 Å². The Bertz CT molecular complexity index is 1150.